The molecular formula is C15H24O3. The largest absolute Gasteiger partial charge is 0.490 e. The van der Waals surface area contributed by atoms with E-state index in [1.165, 1.54) is 0 Å². The second-order valence-corrected chi connectivity index (χ2v) is 4.70. The van der Waals surface area contributed by atoms with E-state index >= 15 is 0 Å². The van der Waals surface area contributed by atoms with Crippen molar-refractivity contribution >= 4 is 0 Å². The minimum Gasteiger partial charge on any atom is -0.490 e. The molecule has 1 unspecified atom stereocenters. The van der Waals surface area contributed by atoms with Crippen LogP contribution in [0.5, 0.6) is 11.5 Å². The van der Waals surface area contributed by atoms with E-state index in [4.69, 9.17) is 9.47 Å². The summed E-state index contributed by atoms with van der Waals surface area (Å²) in [6.07, 6.45) is 0.856. The van der Waals surface area contributed by atoms with Crippen LogP contribution in [0, 0.1) is 11.8 Å². The molecular weight excluding hydrogens is 228 g/mol. The summed E-state index contributed by atoms with van der Waals surface area (Å²) in [6.45, 7) is 7.65. The van der Waals surface area contributed by atoms with Gasteiger partial charge in [0.2, 0.25) is 0 Å². The Morgan fingerprint density at radius 2 is 1.72 bits per heavy atom. The molecule has 0 aromatic heterocycles. The van der Waals surface area contributed by atoms with Crippen molar-refractivity contribution in [1.82, 2.24) is 0 Å². The highest BCUT2D eigenvalue weighted by Crippen LogP contribution is 2.27. The lowest BCUT2D eigenvalue weighted by Crippen LogP contribution is -2.16. The molecule has 1 aromatic carbocycles. The SMILES string of the molecule is CCOc1ccccc1OCCC(CO)C(C)C. The van der Waals surface area contributed by atoms with Gasteiger partial charge in [-0.15, -0.1) is 0 Å². The van der Waals surface area contributed by atoms with Crippen molar-refractivity contribution in [3.63, 3.8) is 0 Å². The highest BCUT2D eigenvalue weighted by atomic mass is 16.5. The number of para-hydroxylation sites is 2. The molecule has 0 aliphatic heterocycles. The van der Waals surface area contributed by atoms with E-state index in [1.54, 1.807) is 0 Å². The van der Waals surface area contributed by atoms with Gasteiger partial charge in [-0.05, 0) is 37.3 Å². The summed E-state index contributed by atoms with van der Waals surface area (Å²) in [5.41, 5.74) is 0. The number of ether oxygens (including phenoxy) is 2. The Balaban J connectivity index is 2.48. The van der Waals surface area contributed by atoms with Gasteiger partial charge in [0.05, 0.1) is 13.2 Å². The minimum absolute atomic E-state index is 0.216. The van der Waals surface area contributed by atoms with Crippen LogP contribution in [0.3, 0.4) is 0 Å². The van der Waals surface area contributed by atoms with Gasteiger partial charge in [0.25, 0.3) is 0 Å². The third-order valence-electron chi connectivity index (χ3n) is 3.07. The third kappa shape index (κ3) is 4.57. The van der Waals surface area contributed by atoms with Crippen molar-refractivity contribution in [3.05, 3.63) is 24.3 Å². The minimum atomic E-state index is 0.216. The van der Waals surface area contributed by atoms with Gasteiger partial charge < -0.3 is 14.6 Å². The Kier molecular flexibility index (Phi) is 6.58. The molecule has 0 heterocycles. The Bertz CT molecular complexity index is 336. The lowest BCUT2D eigenvalue weighted by atomic mass is 9.94. The van der Waals surface area contributed by atoms with E-state index in [1.807, 2.05) is 31.2 Å². The first-order valence-corrected chi connectivity index (χ1v) is 6.64. The van der Waals surface area contributed by atoms with E-state index in [0.717, 1.165) is 17.9 Å². The number of benzene rings is 1. The molecule has 0 aliphatic rings. The maximum atomic E-state index is 9.25. The van der Waals surface area contributed by atoms with Crippen LogP contribution >= 0.6 is 0 Å². The van der Waals surface area contributed by atoms with Crippen LogP contribution in [-0.2, 0) is 0 Å². The predicted molar refractivity (Wildman–Crippen MR) is 73.1 cm³/mol. The summed E-state index contributed by atoms with van der Waals surface area (Å²) < 4.78 is 11.2. The van der Waals surface area contributed by atoms with Crippen LogP contribution in [0.1, 0.15) is 27.2 Å². The first kappa shape index (κ1) is 14.8. The topological polar surface area (TPSA) is 38.7 Å². The van der Waals surface area contributed by atoms with Crippen molar-refractivity contribution in [2.24, 2.45) is 11.8 Å². The molecule has 0 bridgehead atoms. The summed E-state index contributed by atoms with van der Waals surface area (Å²) in [4.78, 5) is 0. The van der Waals surface area contributed by atoms with Gasteiger partial charge in [-0.3, -0.25) is 0 Å². The van der Waals surface area contributed by atoms with Crippen LogP contribution in [0.25, 0.3) is 0 Å². The maximum absolute atomic E-state index is 9.25. The molecule has 18 heavy (non-hydrogen) atoms. The van der Waals surface area contributed by atoms with Crippen LogP contribution in [0.4, 0.5) is 0 Å². The highest BCUT2D eigenvalue weighted by Gasteiger charge is 2.12. The molecule has 0 aliphatic carbocycles. The molecule has 0 spiro atoms. The highest BCUT2D eigenvalue weighted by molar-refractivity contribution is 5.39. The van der Waals surface area contributed by atoms with E-state index in [9.17, 15) is 5.11 Å². The molecule has 0 fully saturated rings. The zero-order valence-corrected chi connectivity index (χ0v) is 11.6. The molecule has 102 valence electrons. The fourth-order valence-electron chi connectivity index (χ4n) is 1.80. The number of rotatable bonds is 8. The molecule has 0 amide bonds. The van der Waals surface area contributed by atoms with Gasteiger partial charge in [0.15, 0.2) is 11.5 Å². The number of hydrogen-bond acceptors (Lipinski definition) is 3. The third-order valence-corrected chi connectivity index (χ3v) is 3.07. The van der Waals surface area contributed by atoms with Gasteiger partial charge >= 0.3 is 0 Å². The van der Waals surface area contributed by atoms with Crippen molar-refractivity contribution in [1.29, 1.82) is 0 Å². The fraction of sp³-hybridized carbons (Fsp3) is 0.600. The van der Waals surface area contributed by atoms with Gasteiger partial charge in [-0.1, -0.05) is 26.0 Å². The summed E-state index contributed by atoms with van der Waals surface area (Å²) in [5.74, 6) is 2.33. The fourth-order valence-corrected chi connectivity index (χ4v) is 1.80. The molecule has 0 saturated heterocycles. The summed E-state index contributed by atoms with van der Waals surface area (Å²) >= 11 is 0. The van der Waals surface area contributed by atoms with E-state index in [2.05, 4.69) is 13.8 Å². The second kappa shape index (κ2) is 7.98. The molecule has 1 atom stereocenters. The van der Waals surface area contributed by atoms with Gasteiger partial charge in [-0.25, -0.2) is 0 Å². The van der Waals surface area contributed by atoms with Crippen LogP contribution in [0.2, 0.25) is 0 Å². The second-order valence-electron chi connectivity index (χ2n) is 4.70. The average molecular weight is 252 g/mol. The number of hydrogen-bond donors (Lipinski definition) is 1. The Hall–Kier alpha value is -1.22. The lowest BCUT2D eigenvalue weighted by Gasteiger charge is -2.18. The molecule has 1 N–H and O–H groups in total. The summed E-state index contributed by atoms with van der Waals surface area (Å²) in [6, 6.07) is 7.69. The standard InChI is InChI=1S/C15H24O3/c1-4-17-14-7-5-6-8-15(14)18-10-9-13(11-16)12(2)3/h5-8,12-13,16H,4,9-11H2,1-3H3. The van der Waals surface area contributed by atoms with Gasteiger partial charge in [-0.2, -0.15) is 0 Å². The van der Waals surface area contributed by atoms with E-state index in [-0.39, 0.29) is 6.61 Å². The Labute approximate surface area is 110 Å². The van der Waals surface area contributed by atoms with E-state index in [0.29, 0.717) is 25.0 Å². The number of aliphatic hydroxyl groups excluding tert-OH is 1. The smallest absolute Gasteiger partial charge is 0.161 e. The predicted octanol–water partition coefficient (Wildman–Crippen LogP) is 3.12. The average Bonchev–Trinajstić information content (AvgIpc) is 2.36. The lowest BCUT2D eigenvalue weighted by molar-refractivity contribution is 0.156. The molecule has 3 heteroatoms. The first-order valence-electron chi connectivity index (χ1n) is 6.64. The normalized spacial score (nSPS) is 12.5. The van der Waals surface area contributed by atoms with Crippen LogP contribution < -0.4 is 9.47 Å². The molecule has 0 saturated carbocycles. The Morgan fingerprint density at radius 1 is 1.11 bits per heavy atom. The van der Waals surface area contributed by atoms with Crippen molar-refractivity contribution < 1.29 is 14.6 Å². The van der Waals surface area contributed by atoms with Crippen molar-refractivity contribution in [2.45, 2.75) is 27.2 Å². The number of aliphatic hydroxyl groups is 1. The monoisotopic (exact) mass is 252 g/mol. The van der Waals surface area contributed by atoms with Crippen molar-refractivity contribution in [3.8, 4) is 11.5 Å². The Morgan fingerprint density at radius 3 is 2.22 bits per heavy atom. The first-order chi connectivity index (χ1) is 8.69. The van der Waals surface area contributed by atoms with Crippen LogP contribution in [0.15, 0.2) is 24.3 Å². The summed E-state index contributed by atoms with van der Waals surface area (Å²) in [5, 5.41) is 9.25. The molecule has 0 radical (unpaired) electrons. The van der Waals surface area contributed by atoms with Crippen molar-refractivity contribution in [2.75, 3.05) is 19.8 Å². The van der Waals surface area contributed by atoms with E-state index < -0.39 is 0 Å². The molecule has 3 nitrogen and oxygen atoms in total. The zero-order valence-electron chi connectivity index (χ0n) is 11.6. The van der Waals surface area contributed by atoms with Gasteiger partial charge in [0, 0.05) is 6.61 Å². The molecule has 1 rings (SSSR count). The van der Waals surface area contributed by atoms with Gasteiger partial charge in [0.1, 0.15) is 0 Å². The molecule has 1 aromatic rings. The zero-order chi connectivity index (χ0) is 13.4. The summed E-state index contributed by atoms with van der Waals surface area (Å²) in [7, 11) is 0. The van der Waals surface area contributed by atoms with Crippen LogP contribution in [-0.4, -0.2) is 24.9 Å². The quantitative estimate of drug-likeness (QED) is 0.772. The maximum Gasteiger partial charge on any atom is 0.161 e.